The Morgan fingerprint density at radius 2 is 2.19 bits per heavy atom. The molecule has 3 atom stereocenters. The van der Waals surface area contributed by atoms with Crippen LogP contribution in [0.4, 0.5) is 13.2 Å². The van der Waals surface area contributed by atoms with Crippen LogP contribution in [0.2, 0.25) is 0 Å². The van der Waals surface area contributed by atoms with Gasteiger partial charge in [-0.15, -0.1) is 6.42 Å². The monoisotopic (exact) mass is 460 g/mol. The Kier molecular flexibility index (Phi) is 5.63. The van der Waals surface area contributed by atoms with Crippen molar-refractivity contribution in [1.82, 2.24) is 9.97 Å². The smallest absolute Gasteiger partial charge is 0.253 e. The van der Waals surface area contributed by atoms with Crippen molar-refractivity contribution >= 4 is 22.7 Å². The van der Waals surface area contributed by atoms with E-state index in [-0.39, 0.29) is 47.5 Å². The van der Waals surface area contributed by atoms with Gasteiger partial charge in [-0.25, -0.2) is 23.1 Å². The van der Waals surface area contributed by atoms with Gasteiger partial charge in [-0.3, -0.25) is 9.79 Å². The fourth-order valence-electron chi connectivity index (χ4n) is 4.10. The maximum absolute atomic E-state index is 14.8. The van der Waals surface area contributed by atoms with E-state index < -0.39 is 28.4 Å². The summed E-state index contributed by atoms with van der Waals surface area (Å²) >= 11 is 0.857. The van der Waals surface area contributed by atoms with Crippen LogP contribution < -0.4 is 10.5 Å². The van der Waals surface area contributed by atoms with E-state index in [0.717, 1.165) is 11.8 Å². The molecule has 4 rings (SSSR count). The van der Waals surface area contributed by atoms with Crippen LogP contribution in [0.5, 0.6) is 5.88 Å². The van der Waals surface area contributed by atoms with Gasteiger partial charge in [-0.1, -0.05) is 23.7 Å². The highest BCUT2D eigenvalue weighted by molar-refractivity contribution is 8.15. The Morgan fingerprint density at radius 3 is 2.84 bits per heavy atom. The molecule has 1 aromatic carbocycles. The number of benzene rings is 1. The van der Waals surface area contributed by atoms with Crippen LogP contribution in [0.15, 0.2) is 35.6 Å². The SMILES string of the molecule is C#CCOc1cnc(C(=O)Cc2ccc(F)c([C@@]3(C)N=C(N)S[C@@]4(C(F)F)C[C@@H]34)c2)cn1. The molecule has 0 unspecified atom stereocenters. The molecule has 0 bridgehead atoms. The second kappa shape index (κ2) is 8.13. The van der Waals surface area contributed by atoms with Crippen molar-refractivity contribution in [1.29, 1.82) is 0 Å². The summed E-state index contributed by atoms with van der Waals surface area (Å²) in [4.78, 5) is 25.0. The number of carbonyl (C=O) groups excluding carboxylic acids is 1. The third-order valence-electron chi connectivity index (χ3n) is 5.80. The number of fused-ring (bicyclic) bond motifs is 1. The van der Waals surface area contributed by atoms with Crippen LogP contribution in [0, 0.1) is 24.1 Å². The van der Waals surface area contributed by atoms with Crippen molar-refractivity contribution in [2.75, 3.05) is 6.61 Å². The zero-order valence-electron chi connectivity index (χ0n) is 17.0. The molecule has 0 radical (unpaired) electrons. The van der Waals surface area contributed by atoms with Gasteiger partial charge in [-0.05, 0) is 31.0 Å². The lowest BCUT2D eigenvalue weighted by Gasteiger charge is -2.34. The molecule has 2 heterocycles. The first-order chi connectivity index (χ1) is 15.2. The number of aliphatic imine (C=N–C) groups is 1. The van der Waals surface area contributed by atoms with Gasteiger partial charge < -0.3 is 10.5 Å². The zero-order valence-corrected chi connectivity index (χ0v) is 17.8. The molecular weight excluding hydrogens is 441 g/mol. The van der Waals surface area contributed by atoms with Gasteiger partial charge in [0.05, 0.1) is 22.7 Å². The predicted octanol–water partition coefficient (Wildman–Crippen LogP) is 3.35. The number of nitrogens with two attached hydrogens (primary N) is 1. The topological polar surface area (TPSA) is 90.5 Å². The Labute approximate surface area is 186 Å². The number of ketones is 1. The first kappa shape index (κ1) is 22.1. The van der Waals surface area contributed by atoms with E-state index in [2.05, 4.69) is 20.9 Å². The Bertz CT molecular complexity index is 1130. The number of halogens is 3. The van der Waals surface area contributed by atoms with E-state index in [1.165, 1.54) is 30.6 Å². The molecular formula is C22H19F3N4O2S. The summed E-state index contributed by atoms with van der Waals surface area (Å²) in [5, 5.41) is 0.00449. The van der Waals surface area contributed by atoms with Crippen LogP contribution in [0.25, 0.3) is 0 Å². The number of aromatic nitrogens is 2. The maximum Gasteiger partial charge on any atom is 0.253 e. The summed E-state index contributed by atoms with van der Waals surface area (Å²) in [6.45, 7) is 1.64. The van der Waals surface area contributed by atoms with Gasteiger partial charge in [0, 0.05) is 17.9 Å². The molecule has 1 saturated carbocycles. The number of ether oxygens (including phenoxy) is 1. The number of nitrogens with zero attached hydrogens (tertiary/aromatic N) is 3. The number of amidine groups is 1. The van der Waals surface area contributed by atoms with Gasteiger partial charge in [0.25, 0.3) is 6.43 Å². The molecule has 1 aromatic heterocycles. The number of alkyl halides is 2. The van der Waals surface area contributed by atoms with Gasteiger partial charge in [0.15, 0.2) is 17.6 Å². The van der Waals surface area contributed by atoms with Gasteiger partial charge >= 0.3 is 0 Å². The average Bonchev–Trinajstić information content (AvgIpc) is 3.51. The number of terminal acetylenes is 1. The lowest BCUT2D eigenvalue weighted by atomic mass is 9.84. The first-order valence-electron chi connectivity index (χ1n) is 9.72. The summed E-state index contributed by atoms with van der Waals surface area (Å²) in [5.74, 6) is 0.990. The van der Waals surface area contributed by atoms with Crippen molar-refractivity contribution in [2.45, 2.75) is 36.5 Å². The van der Waals surface area contributed by atoms with Crippen molar-refractivity contribution in [3.63, 3.8) is 0 Å². The third kappa shape index (κ3) is 3.81. The minimum Gasteiger partial charge on any atom is -0.463 e. The number of carbonyl (C=O) groups is 1. The average molecular weight is 460 g/mol. The highest BCUT2D eigenvalue weighted by atomic mass is 32.2. The number of thioether (sulfide) groups is 1. The van der Waals surface area contributed by atoms with E-state index in [4.69, 9.17) is 16.9 Å². The van der Waals surface area contributed by atoms with Crippen LogP contribution in [-0.2, 0) is 12.0 Å². The fraction of sp³-hybridized carbons (Fsp3) is 0.364. The van der Waals surface area contributed by atoms with Gasteiger partial charge in [-0.2, -0.15) is 0 Å². The lowest BCUT2D eigenvalue weighted by Crippen LogP contribution is -2.39. The minimum atomic E-state index is -2.61. The normalized spacial score (nSPS) is 26.1. The molecule has 0 spiro atoms. The maximum atomic E-state index is 14.8. The van der Waals surface area contributed by atoms with Gasteiger partial charge in [0.1, 0.15) is 11.5 Å². The first-order valence-corrected chi connectivity index (χ1v) is 10.5. The molecule has 166 valence electrons. The molecule has 1 fully saturated rings. The van der Waals surface area contributed by atoms with Crippen molar-refractivity contribution in [3.05, 3.63) is 53.2 Å². The lowest BCUT2D eigenvalue weighted by molar-refractivity contribution is 0.0987. The van der Waals surface area contributed by atoms with Crippen molar-refractivity contribution in [3.8, 4) is 18.2 Å². The number of rotatable bonds is 7. The molecule has 2 aliphatic rings. The molecule has 2 N–H and O–H groups in total. The number of hydrogen-bond donors (Lipinski definition) is 1. The fourth-order valence-corrected chi connectivity index (χ4v) is 5.44. The second-order valence-corrected chi connectivity index (χ2v) is 9.24. The molecule has 6 nitrogen and oxygen atoms in total. The molecule has 1 aliphatic heterocycles. The van der Waals surface area contributed by atoms with E-state index >= 15 is 0 Å². The van der Waals surface area contributed by atoms with E-state index in [1.54, 1.807) is 6.92 Å². The van der Waals surface area contributed by atoms with Gasteiger partial charge in [0.2, 0.25) is 5.88 Å². The molecule has 0 amide bonds. The van der Waals surface area contributed by atoms with Crippen LogP contribution in [-0.4, -0.2) is 38.7 Å². The van der Waals surface area contributed by atoms with Crippen LogP contribution in [0.3, 0.4) is 0 Å². The molecule has 0 saturated heterocycles. The summed E-state index contributed by atoms with van der Waals surface area (Å²) in [6, 6.07) is 4.17. The largest absolute Gasteiger partial charge is 0.463 e. The van der Waals surface area contributed by atoms with Crippen LogP contribution in [0.1, 0.15) is 35.0 Å². The highest BCUT2D eigenvalue weighted by Gasteiger charge is 2.71. The third-order valence-corrected chi connectivity index (χ3v) is 7.11. The molecule has 1 aliphatic carbocycles. The minimum absolute atomic E-state index is 0.00449. The van der Waals surface area contributed by atoms with E-state index in [1.807, 2.05) is 0 Å². The van der Waals surface area contributed by atoms with E-state index in [0.29, 0.717) is 5.56 Å². The standard InChI is InChI=1S/C22H19F3N4O2S/c1-3-6-31-18-11-27-15(10-28-18)16(30)8-12-4-5-14(23)13(7-12)21(2)17-9-22(17,19(24)25)32-20(26)29-21/h1,4-5,7,10-11,17,19H,6,8-9H2,2H3,(H2,26,29)/t17-,21+,22-/m0/s1. The molecule has 2 aromatic rings. The Hall–Kier alpha value is -3.06. The summed E-state index contributed by atoms with van der Waals surface area (Å²) < 4.78 is 46.0. The summed E-state index contributed by atoms with van der Waals surface area (Å²) in [7, 11) is 0. The van der Waals surface area contributed by atoms with Crippen molar-refractivity contribution in [2.24, 2.45) is 16.6 Å². The predicted molar refractivity (Wildman–Crippen MR) is 114 cm³/mol. The highest BCUT2D eigenvalue weighted by Crippen LogP contribution is 2.68. The zero-order chi connectivity index (χ0) is 23.1. The summed E-state index contributed by atoms with van der Waals surface area (Å²) in [6.07, 6.45) is 5.16. The second-order valence-electron chi connectivity index (χ2n) is 7.86. The van der Waals surface area contributed by atoms with Crippen molar-refractivity contribution < 1.29 is 22.7 Å². The quantitative estimate of drug-likeness (QED) is 0.504. The Morgan fingerprint density at radius 1 is 1.41 bits per heavy atom. The number of hydrogen-bond acceptors (Lipinski definition) is 7. The Balaban J connectivity index is 1.58. The summed E-state index contributed by atoms with van der Waals surface area (Å²) in [5.41, 5.74) is 5.34. The molecule has 32 heavy (non-hydrogen) atoms. The number of Topliss-reactive ketones (excluding diaryl/α,β-unsaturated/α-hetero) is 1. The van der Waals surface area contributed by atoms with Crippen LogP contribution >= 0.6 is 11.8 Å². The van der Waals surface area contributed by atoms with E-state index in [9.17, 15) is 18.0 Å². The molecule has 10 heteroatoms.